The van der Waals surface area contributed by atoms with Crippen molar-refractivity contribution in [3.8, 4) is 0 Å². The van der Waals surface area contributed by atoms with Gasteiger partial charge in [0.05, 0.1) is 19.3 Å². The molecule has 0 saturated heterocycles. The minimum atomic E-state index is -1.61. The van der Waals surface area contributed by atoms with Gasteiger partial charge >= 0.3 is 0 Å². The quantitative estimate of drug-likeness (QED) is 0.578. The van der Waals surface area contributed by atoms with Gasteiger partial charge in [-0.15, -0.1) is 0 Å². The van der Waals surface area contributed by atoms with Crippen LogP contribution in [0.2, 0.25) is 18.1 Å². The van der Waals surface area contributed by atoms with E-state index in [9.17, 15) is 0 Å². The lowest BCUT2D eigenvalue weighted by Crippen LogP contribution is -2.41. The van der Waals surface area contributed by atoms with Crippen molar-refractivity contribution in [1.82, 2.24) is 0 Å². The van der Waals surface area contributed by atoms with E-state index in [1.54, 1.807) is 0 Å². The third-order valence-electron chi connectivity index (χ3n) is 3.78. The van der Waals surface area contributed by atoms with Crippen molar-refractivity contribution in [3.05, 3.63) is 0 Å². The maximum absolute atomic E-state index is 8.86. The second-order valence-corrected chi connectivity index (χ2v) is 11.0. The number of ether oxygens (including phenoxy) is 1. The summed E-state index contributed by atoms with van der Waals surface area (Å²) in [5.41, 5.74) is 0. The Kier molecular flexibility index (Phi) is 4.57. The molecule has 2 atom stereocenters. The molecular weight excluding hydrogens is 220 g/mol. The van der Waals surface area contributed by atoms with Gasteiger partial charge in [-0.05, 0) is 24.6 Å². The van der Waals surface area contributed by atoms with Crippen LogP contribution in [0.25, 0.3) is 0 Å². The molecule has 4 heteroatoms. The van der Waals surface area contributed by atoms with Crippen LogP contribution in [-0.4, -0.2) is 39.3 Å². The first-order valence-corrected chi connectivity index (χ1v) is 9.05. The average Bonchev–Trinajstić information content (AvgIpc) is 2.89. The van der Waals surface area contributed by atoms with Crippen LogP contribution in [0.1, 0.15) is 27.2 Å². The van der Waals surface area contributed by atoms with Gasteiger partial charge in [-0.3, -0.25) is 0 Å². The van der Waals surface area contributed by atoms with Crippen molar-refractivity contribution in [1.29, 1.82) is 0 Å². The lowest BCUT2D eigenvalue weighted by atomic mass is 10.2. The zero-order valence-electron chi connectivity index (χ0n) is 11.2. The Morgan fingerprint density at radius 2 is 1.88 bits per heavy atom. The summed E-state index contributed by atoms with van der Waals surface area (Å²) < 4.78 is 11.6. The minimum Gasteiger partial charge on any atom is -0.414 e. The van der Waals surface area contributed by atoms with E-state index in [-0.39, 0.29) is 17.7 Å². The fraction of sp³-hybridized carbons (Fsp3) is 1.00. The van der Waals surface area contributed by atoms with Gasteiger partial charge in [-0.1, -0.05) is 20.8 Å². The zero-order valence-corrected chi connectivity index (χ0v) is 12.2. The number of aliphatic hydroxyl groups is 1. The molecule has 1 aliphatic rings. The van der Waals surface area contributed by atoms with Gasteiger partial charge in [0.15, 0.2) is 8.32 Å². The van der Waals surface area contributed by atoms with E-state index in [0.717, 1.165) is 6.42 Å². The van der Waals surface area contributed by atoms with Gasteiger partial charge < -0.3 is 14.3 Å². The molecule has 2 unspecified atom stereocenters. The van der Waals surface area contributed by atoms with Crippen molar-refractivity contribution >= 4 is 8.32 Å². The van der Waals surface area contributed by atoms with Crippen LogP contribution in [0.5, 0.6) is 0 Å². The van der Waals surface area contributed by atoms with Crippen LogP contribution < -0.4 is 0 Å². The molecular formula is C12H26O3Si. The third-order valence-corrected chi connectivity index (χ3v) is 8.31. The van der Waals surface area contributed by atoms with Crippen LogP contribution in [0.3, 0.4) is 0 Å². The maximum atomic E-state index is 8.86. The van der Waals surface area contributed by atoms with Gasteiger partial charge in [-0.2, -0.15) is 0 Å². The SMILES string of the molecule is CC(C)(C)[Si](C)(C)OCCOC1CC1CO. The van der Waals surface area contributed by atoms with Gasteiger partial charge in [0, 0.05) is 12.5 Å². The number of aliphatic hydroxyl groups excluding tert-OH is 1. The molecule has 1 N–H and O–H groups in total. The van der Waals surface area contributed by atoms with Crippen molar-refractivity contribution < 1.29 is 14.3 Å². The highest BCUT2D eigenvalue weighted by molar-refractivity contribution is 6.74. The Balaban J connectivity index is 2.11. The molecule has 0 aliphatic heterocycles. The molecule has 16 heavy (non-hydrogen) atoms. The summed E-state index contributed by atoms with van der Waals surface area (Å²) in [6.45, 7) is 12.8. The van der Waals surface area contributed by atoms with Crippen LogP contribution in [0, 0.1) is 5.92 Å². The van der Waals surface area contributed by atoms with E-state index in [1.807, 2.05) is 0 Å². The predicted molar refractivity (Wildman–Crippen MR) is 68.1 cm³/mol. The molecule has 0 bridgehead atoms. The molecule has 0 heterocycles. The van der Waals surface area contributed by atoms with Crippen LogP contribution in [0.15, 0.2) is 0 Å². The van der Waals surface area contributed by atoms with E-state index < -0.39 is 8.32 Å². The highest BCUT2D eigenvalue weighted by Gasteiger charge is 2.39. The molecule has 0 aromatic rings. The Morgan fingerprint density at radius 3 is 2.31 bits per heavy atom. The fourth-order valence-corrected chi connectivity index (χ4v) is 2.36. The molecule has 0 radical (unpaired) electrons. The smallest absolute Gasteiger partial charge is 0.192 e. The highest BCUT2D eigenvalue weighted by atomic mass is 28.4. The van der Waals surface area contributed by atoms with E-state index in [2.05, 4.69) is 33.9 Å². The second-order valence-electron chi connectivity index (χ2n) is 6.20. The Bertz CT molecular complexity index is 223. The van der Waals surface area contributed by atoms with Crippen molar-refractivity contribution in [2.24, 2.45) is 5.92 Å². The number of hydrogen-bond donors (Lipinski definition) is 1. The van der Waals surface area contributed by atoms with Crippen molar-refractivity contribution in [2.75, 3.05) is 19.8 Å². The van der Waals surface area contributed by atoms with Gasteiger partial charge in [0.1, 0.15) is 0 Å². The Hall–Kier alpha value is 0.0969. The monoisotopic (exact) mass is 246 g/mol. The summed E-state index contributed by atoms with van der Waals surface area (Å²) in [7, 11) is -1.61. The highest BCUT2D eigenvalue weighted by Crippen LogP contribution is 2.36. The van der Waals surface area contributed by atoms with Gasteiger partial charge in [0.2, 0.25) is 0 Å². The first-order chi connectivity index (χ1) is 7.28. The molecule has 0 aromatic carbocycles. The average molecular weight is 246 g/mol. The summed E-state index contributed by atoms with van der Waals surface area (Å²) in [5, 5.41) is 9.13. The molecule has 1 aliphatic carbocycles. The van der Waals surface area contributed by atoms with E-state index in [0.29, 0.717) is 19.1 Å². The molecule has 0 spiro atoms. The summed E-state index contributed by atoms with van der Waals surface area (Å²) in [4.78, 5) is 0. The molecule has 0 amide bonds. The lowest BCUT2D eigenvalue weighted by Gasteiger charge is -2.36. The molecule has 96 valence electrons. The van der Waals surface area contributed by atoms with E-state index in [4.69, 9.17) is 14.3 Å². The van der Waals surface area contributed by atoms with E-state index >= 15 is 0 Å². The maximum Gasteiger partial charge on any atom is 0.192 e. The molecule has 1 rings (SSSR count). The normalized spacial score (nSPS) is 25.9. The van der Waals surface area contributed by atoms with Gasteiger partial charge in [-0.25, -0.2) is 0 Å². The standard InChI is InChI=1S/C12H26O3Si/c1-12(2,3)16(4,5)15-7-6-14-11-8-10(11)9-13/h10-11,13H,6-9H2,1-5H3. The number of rotatable bonds is 6. The van der Waals surface area contributed by atoms with Crippen molar-refractivity contribution in [3.63, 3.8) is 0 Å². The minimum absolute atomic E-state index is 0.258. The Morgan fingerprint density at radius 1 is 1.25 bits per heavy atom. The van der Waals surface area contributed by atoms with Crippen LogP contribution in [0.4, 0.5) is 0 Å². The second kappa shape index (κ2) is 5.17. The van der Waals surface area contributed by atoms with Crippen LogP contribution >= 0.6 is 0 Å². The molecule has 0 aromatic heterocycles. The Labute approximate surface area is 100 Å². The first kappa shape index (κ1) is 14.2. The topological polar surface area (TPSA) is 38.7 Å². The van der Waals surface area contributed by atoms with Crippen LogP contribution in [-0.2, 0) is 9.16 Å². The third kappa shape index (κ3) is 3.84. The number of hydrogen-bond acceptors (Lipinski definition) is 3. The summed E-state index contributed by atoms with van der Waals surface area (Å²) in [6.07, 6.45) is 1.30. The molecule has 1 fully saturated rings. The largest absolute Gasteiger partial charge is 0.414 e. The fourth-order valence-electron chi connectivity index (χ4n) is 1.33. The molecule has 1 saturated carbocycles. The van der Waals surface area contributed by atoms with E-state index in [1.165, 1.54) is 0 Å². The summed E-state index contributed by atoms with van der Waals surface area (Å²) >= 11 is 0. The lowest BCUT2D eigenvalue weighted by molar-refractivity contribution is 0.0695. The summed E-state index contributed by atoms with van der Waals surface area (Å²) in [6, 6.07) is 0. The zero-order chi connectivity index (χ0) is 12.4. The van der Waals surface area contributed by atoms with Gasteiger partial charge in [0.25, 0.3) is 0 Å². The first-order valence-electron chi connectivity index (χ1n) is 6.14. The van der Waals surface area contributed by atoms with Crippen molar-refractivity contribution in [2.45, 2.75) is 51.4 Å². The summed E-state index contributed by atoms with van der Waals surface area (Å²) in [5.74, 6) is 0.382. The predicted octanol–water partition coefficient (Wildman–Crippen LogP) is 2.41. The molecule has 3 nitrogen and oxygen atoms in total.